The Morgan fingerprint density at radius 3 is 1.83 bits per heavy atom. The summed E-state index contributed by atoms with van der Waals surface area (Å²) in [6.07, 6.45) is 0. The molecule has 4 heteroatoms. The lowest BCUT2D eigenvalue weighted by Crippen LogP contribution is -2.27. The molecule has 2 aliphatic carbocycles. The number of hydrogen-bond acceptors (Lipinski definition) is 2. The lowest BCUT2D eigenvalue weighted by molar-refractivity contribution is 0.163. The van der Waals surface area contributed by atoms with Gasteiger partial charge in [-0.25, -0.2) is 0 Å². The van der Waals surface area contributed by atoms with Gasteiger partial charge in [-0.05, 0) is 11.1 Å². The van der Waals surface area contributed by atoms with Crippen LogP contribution in [0.4, 0.5) is 0 Å². The number of rotatable bonds is 3. The van der Waals surface area contributed by atoms with Gasteiger partial charge >= 0.3 is 0 Å². The quantitative estimate of drug-likeness (QED) is 0.356. The maximum Gasteiger partial charge on any atom is 0.292 e. The van der Waals surface area contributed by atoms with E-state index in [0.717, 1.165) is 33.2 Å². The Balaban J connectivity index is 2.10. The van der Waals surface area contributed by atoms with Gasteiger partial charge in [-0.1, -0.05) is 103 Å². The molecule has 1 heterocycles. The fraction of sp³-hybridized carbons (Fsp3) is 0.0385. The van der Waals surface area contributed by atoms with Crippen LogP contribution in [0.5, 0.6) is 0 Å². The molecule has 0 unspecified atom stereocenters. The first-order chi connectivity index (χ1) is 14.7. The van der Waals surface area contributed by atoms with E-state index in [9.17, 15) is 4.79 Å². The fourth-order valence-corrected chi connectivity index (χ4v) is 4.49. The van der Waals surface area contributed by atoms with Crippen LogP contribution in [0.2, 0.25) is 5.02 Å². The van der Waals surface area contributed by atoms with Crippen molar-refractivity contribution >= 4 is 22.4 Å². The second-order valence-corrected chi connectivity index (χ2v) is 7.42. The van der Waals surface area contributed by atoms with Crippen molar-refractivity contribution in [3.63, 3.8) is 0 Å². The van der Waals surface area contributed by atoms with Crippen molar-refractivity contribution in [2.24, 2.45) is 0 Å². The molecule has 0 aliphatic heterocycles. The van der Waals surface area contributed by atoms with Crippen LogP contribution < -0.4 is 10.4 Å². The molecule has 5 rings (SSSR count). The largest absolute Gasteiger partial charge is 0.413 e. The van der Waals surface area contributed by atoms with E-state index in [1.807, 2.05) is 91.0 Å². The third-order valence-electron chi connectivity index (χ3n) is 5.39. The molecule has 0 saturated heterocycles. The van der Waals surface area contributed by atoms with Gasteiger partial charge in [0.1, 0.15) is 7.11 Å². The van der Waals surface area contributed by atoms with Gasteiger partial charge in [0, 0.05) is 22.1 Å². The van der Waals surface area contributed by atoms with E-state index in [1.54, 1.807) is 0 Å². The van der Waals surface area contributed by atoms with Gasteiger partial charge in [-0.2, -0.15) is 0 Å². The van der Waals surface area contributed by atoms with Crippen LogP contribution >= 0.6 is 11.6 Å². The summed E-state index contributed by atoms with van der Waals surface area (Å²) in [7, 11) is 1.52. The van der Waals surface area contributed by atoms with Gasteiger partial charge in [0.15, 0.2) is 0 Å². The maximum absolute atomic E-state index is 13.6. The molecule has 1 aromatic heterocycles. The standard InChI is InChI=1S/C26H18ClNO2/c1-30-28-25(18-13-7-3-8-14-18)21(17-11-5-2-6-12-17)23-22(26(28)29)19-15-9-4-10-16-20(19)24(23)27/h2-16H,1H3. The topological polar surface area (TPSA) is 31.2 Å². The third-order valence-corrected chi connectivity index (χ3v) is 5.79. The van der Waals surface area contributed by atoms with Crippen molar-refractivity contribution in [2.75, 3.05) is 7.11 Å². The van der Waals surface area contributed by atoms with E-state index in [2.05, 4.69) is 0 Å². The van der Waals surface area contributed by atoms with Crippen LogP contribution in [0.3, 0.4) is 0 Å². The highest BCUT2D eigenvalue weighted by Gasteiger charge is 2.27. The molecule has 3 nitrogen and oxygen atoms in total. The minimum Gasteiger partial charge on any atom is -0.413 e. The van der Waals surface area contributed by atoms with Crippen LogP contribution in [0.15, 0.2) is 95.8 Å². The summed E-state index contributed by atoms with van der Waals surface area (Å²) in [5.74, 6) is 0. The Hall–Kier alpha value is -3.56. The predicted molar refractivity (Wildman–Crippen MR) is 123 cm³/mol. The van der Waals surface area contributed by atoms with Gasteiger partial charge in [-0.15, -0.1) is 4.73 Å². The second kappa shape index (κ2) is 7.36. The Morgan fingerprint density at radius 1 is 0.700 bits per heavy atom. The SMILES string of the molecule is COn1c(-c2ccccc2)c(-c2ccccc2)c2c(Cl)c3cccccc-3c2c1=O. The van der Waals surface area contributed by atoms with E-state index >= 15 is 0 Å². The Kier molecular flexibility index (Phi) is 4.53. The van der Waals surface area contributed by atoms with Crippen LogP contribution in [0, 0.1) is 0 Å². The molecule has 146 valence electrons. The van der Waals surface area contributed by atoms with E-state index in [1.165, 1.54) is 11.8 Å². The van der Waals surface area contributed by atoms with Gasteiger partial charge in [0.2, 0.25) is 0 Å². The molecule has 0 bridgehead atoms. The smallest absolute Gasteiger partial charge is 0.292 e. The van der Waals surface area contributed by atoms with Crippen molar-refractivity contribution in [2.45, 2.75) is 0 Å². The van der Waals surface area contributed by atoms with Crippen molar-refractivity contribution in [3.05, 3.63) is 106 Å². The zero-order valence-electron chi connectivity index (χ0n) is 16.3. The number of benzene rings is 2. The Bertz CT molecular complexity index is 1390. The molecule has 0 atom stereocenters. The summed E-state index contributed by atoms with van der Waals surface area (Å²) in [5, 5.41) is 1.89. The summed E-state index contributed by atoms with van der Waals surface area (Å²) in [4.78, 5) is 19.3. The average molecular weight is 412 g/mol. The molecule has 0 spiro atoms. The number of aromatic nitrogens is 1. The molecule has 3 aromatic rings. The molecule has 2 aromatic carbocycles. The van der Waals surface area contributed by atoms with Gasteiger partial charge in [-0.3, -0.25) is 4.79 Å². The van der Waals surface area contributed by atoms with E-state index in [-0.39, 0.29) is 5.56 Å². The normalized spacial score (nSPS) is 11.1. The first-order valence-electron chi connectivity index (χ1n) is 9.66. The zero-order valence-corrected chi connectivity index (χ0v) is 17.1. The second-order valence-electron chi connectivity index (χ2n) is 7.04. The highest BCUT2D eigenvalue weighted by atomic mass is 35.5. The molecule has 30 heavy (non-hydrogen) atoms. The molecule has 0 fully saturated rings. The lowest BCUT2D eigenvalue weighted by atomic mass is 9.95. The Morgan fingerprint density at radius 2 is 1.23 bits per heavy atom. The van der Waals surface area contributed by atoms with Gasteiger partial charge in [0.25, 0.3) is 5.56 Å². The van der Waals surface area contributed by atoms with Crippen LogP contribution in [-0.2, 0) is 0 Å². The highest BCUT2D eigenvalue weighted by molar-refractivity contribution is 6.42. The van der Waals surface area contributed by atoms with Crippen LogP contribution in [-0.4, -0.2) is 11.8 Å². The number of nitrogens with zero attached hydrogens (tertiary/aromatic N) is 1. The summed E-state index contributed by atoms with van der Waals surface area (Å²) in [5.41, 5.74) is 4.84. The van der Waals surface area contributed by atoms with E-state index in [0.29, 0.717) is 16.1 Å². The number of pyridine rings is 1. The van der Waals surface area contributed by atoms with Crippen LogP contribution in [0.25, 0.3) is 44.3 Å². The monoisotopic (exact) mass is 411 g/mol. The summed E-state index contributed by atoms with van der Waals surface area (Å²) in [6, 6.07) is 29.4. The van der Waals surface area contributed by atoms with Gasteiger partial charge in [0.05, 0.1) is 16.1 Å². The number of halogens is 1. The Labute approximate surface area is 179 Å². The summed E-state index contributed by atoms with van der Waals surface area (Å²) in [6.45, 7) is 0. The zero-order chi connectivity index (χ0) is 20.7. The van der Waals surface area contributed by atoms with Crippen molar-refractivity contribution < 1.29 is 4.84 Å². The molecular weight excluding hydrogens is 394 g/mol. The maximum atomic E-state index is 13.6. The minimum atomic E-state index is -0.228. The van der Waals surface area contributed by atoms with Crippen LogP contribution in [0.1, 0.15) is 0 Å². The summed E-state index contributed by atoms with van der Waals surface area (Å²) >= 11 is 6.94. The van der Waals surface area contributed by atoms with Gasteiger partial charge < -0.3 is 4.84 Å². The molecule has 0 N–H and O–H groups in total. The number of hydrogen-bond donors (Lipinski definition) is 0. The molecule has 0 saturated carbocycles. The minimum absolute atomic E-state index is 0.228. The van der Waals surface area contributed by atoms with Crippen molar-refractivity contribution in [1.29, 1.82) is 0 Å². The van der Waals surface area contributed by atoms with Crippen molar-refractivity contribution in [1.82, 2.24) is 4.73 Å². The first-order valence-corrected chi connectivity index (χ1v) is 10.0. The molecule has 0 radical (unpaired) electrons. The van der Waals surface area contributed by atoms with E-state index in [4.69, 9.17) is 16.4 Å². The van der Waals surface area contributed by atoms with Crippen molar-refractivity contribution in [3.8, 4) is 33.5 Å². The average Bonchev–Trinajstić information content (AvgIpc) is 2.94. The molecule has 0 amide bonds. The highest BCUT2D eigenvalue weighted by Crippen LogP contribution is 2.47. The third kappa shape index (κ3) is 2.71. The summed E-state index contributed by atoms with van der Waals surface area (Å²) < 4.78 is 1.38. The number of fused-ring (bicyclic) bond motifs is 3. The predicted octanol–water partition coefficient (Wildman–Crippen LogP) is 6.15. The molecular formula is C26H18ClNO2. The van der Waals surface area contributed by atoms with E-state index < -0.39 is 0 Å². The fourth-order valence-electron chi connectivity index (χ4n) is 4.13. The lowest BCUT2D eigenvalue weighted by Gasteiger charge is -2.18. The molecule has 2 aliphatic rings. The first kappa shape index (κ1) is 18.5.